The Morgan fingerprint density at radius 3 is 2.75 bits per heavy atom. The fraction of sp³-hybridized carbons (Fsp3) is 0.125. The standard InChI is InChI=1S/C8H8BrNO2/c1-5-4-6(10-8(11)12)2-3-7(5)9/h2-4,10H,1H3,(H,11,12). The van der Waals surface area contributed by atoms with Crippen LogP contribution in [-0.2, 0) is 0 Å². The van der Waals surface area contributed by atoms with Crippen LogP contribution < -0.4 is 5.32 Å². The predicted octanol–water partition coefficient (Wildman–Crippen LogP) is 2.85. The molecule has 1 aromatic carbocycles. The highest BCUT2D eigenvalue weighted by molar-refractivity contribution is 9.10. The molecule has 0 aliphatic heterocycles. The van der Waals surface area contributed by atoms with Crippen LogP contribution in [0, 0.1) is 6.92 Å². The molecule has 0 unspecified atom stereocenters. The maximum atomic E-state index is 10.2. The van der Waals surface area contributed by atoms with E-state index in [9.17, 15) is 4.79 Å². The van der Waals surface area contributed by atoms with Gasteiger partial charge in [-0.3, -0.25) is 5.32 Å². The second-order valence-electron chi connectivity index (χ2n) is 2.39. The van der Waals surface area contributed by atoms with Crippen LogP contribution in [0.5, 0.6) is 0 Å². The zero-order chi connectivity index (χ0) is 9.14. The second-order valence-corrected chi connectivity index (χ2v) is 3.25. The van der Waals surface area contributed by atoms with Crippen LogP contribution >= 0.6 is 15.9 Å². The molecule has 0 saturated carbocycles. The SMILES string of the molecule is Cc1cc(NC(=O)O)ccc1Br. The van der Waals surface area contributed by atoms with E-state index in [0.29, 0.717) is 5.69 Å². The summed E-state index contributed by atoms with van der Waals surface area (Å²) in [6.45, 7) is 1.90. The monoisotopic (exact) mass is 229 g/mol. The Bertz CT molecular complexity index is 312. The summed E-state index contributed by atoms with van der Waals surface area (Å²) in [6, 6.07) is 5.27. The highest BCUT2D eigenvalue weighted by Crippen LogP contribution is 2.19. The van der Waals surface area contributed by atoms with Gasteiger partial charge in [0.05, 0.1) is 0 Å². The summed E-state index contributed by atoms with van der Waals surface area (Å²) in [5.74, 6) is 0. The van der Waals surface area contributed by atoms with Crippen LogP contribution in [0.25, 0.3) is 0 Å². The average molecular weight is 230 g/mol. The Hall–Kier alpha value is -1.03. The molecule has 2 N–H and O–H groups in total. The Morgan fingerprint density at radius 2 is 2.25 bits per heavy atom. The van der Waals surface area contributed by atoms with Crippen LogP contribution in [0.1, 0.15) is 5.56 Å². The maximum Gasteiger partial charge on any atom is 0.409 e. The van der Waals surface area contributed by atoms with Gasteiger partial charge in [0.25, 0.3) is 0 Å². The molecule has 64 valence electrons. The molecule has 0 aliphatic rings. The molecule has 1 rings (SSSR count). The Balaban J connectivity index is 2.89. The van der Waals surface area contributed by atoms with Crippen molar-refractivity contribution in [3.63, 3.8) is 0 Å². The van der Waals surface area contributed by atoms with Gasteiger partial charge in [0.15, 0.2) is 0 Å². The normalized spacial score (nSPS) is 9.50. The molecule has 0 aliphatic carbocycles. The number of aryl methyl sites for hydroxylation is 1. The summed E-state index contributed by atoms with van der Waals surface area (Å²) < 4.78 is 0.971. The van der Waals surface area contributed by atoms with Crippen molar-refractivity contribution in [1.82, 2.24) is 0 Å². The summed E-state index contributed by atoms with van der Waals surface area (Å²) in [4.78, 5) is 10.2. The molecule has 1 amide bonds. The summed E-state index contributed by atoms with van der Waals surface area (Å²) in [5, 5.41) is 10.7. The van der Waals surface area contributed by atoms with Gasteiger partial charge in [0.1, 0.15) is 0 Å². The molecule has 0 aromatic heterocycles. The van der Waals surface area contributed by atoms with Gasteiger partial charge in [0.2, 0.25) is 0 Å². The van der Waals surface area contributed by atoms with Crippen LogP contribution in [0.4, 0.5) is 10.5 Å². The van der Waals surface area contributed by atoms with Crippen LogP contribution in [0.3, 0.4) is 0 Å². The first kappa shape index (κ1) is 9.06. The van der Waals surface area contributed by atoms with E-state index in [1.54, 1.807) is 18.2 Å². The summed E-state index contributed by atoms with van der Waals surface area (Å²) >= 11 is 3.32. The largest absolute Gasteiger partial charge is 0.465 e. The van der Waals surface area contributed by atoms with Crippen molar-refractivity contribution < 1.29 is 9.90 Å². The van der Waals surface area contributed by atoms with Gasteiger partial charge in [-0.2, -0.15) is 0 Å². The molecule has 0 spiro atoms. The molecular formula is C8H8BrNO2. The van der Waals surface area contributed by atoms with Crippen molar-refractivity contribution >= 4 is 27.7 Å². The number of anilines is 1. The summed E-state index contributed by atoms with van der Waals surface area (Å²) in [7, 11) is 0. The number of hydrogen-bond donors (Lipinski definition) is 2. The maximum absolute atomic E-state index is 10.2. The van der Waals surface area contributed by atoms with Crippen molar-refractivity contribution in [3.05, 3.63) is 28.2 Å². The molecule has 4 heteroatoms. The minimum Gasteiger partial charge on any atom is -0.465 e. The first-order valence-electron chi connectivity index (χ1n) is 3.35. The smallest absolute Gasteiger partial charge is 0.409 e. The number of amides is 1. The van der Waals surface area contributed by atoms with Gasteiger partial charge in [-0.15, -0.1) is 0 Å². The first-order valence-corrected chi connectivity index (χ1v) is 4.15. The lowest BCUT2D eigenvalue weighted by Gasteiger charge is -2.02. The lowest BCUT2D eigenvalue weighted by molar-refractivity contribution is 0.210. The number of hydrogen-bond acceptors (Lipinski definition) is 1. The Kier molecular flexibility index (Phi) is 2.70. The van der Waals surface area contributed by atoms with Gasteiger partial charge in [0, 0.05) is 10.2 Å². The Labute approximate surface area is 78.5 Å². The summed E-state index contributed by atoms with van der Waals surface area (Å²) in [5.41, 5.74) is 1.59. The van der Waals surface area contributed by atoms with E-state index in [1.807, 2.05) is 6.92 Å². The molecule has 0 saturated heterocycles. The van der Waals surface area contributed by atoms with E-state index in [2.05, 4.69) is 21.2 Å². The molecule has 0 fully saturated rings. The third-order valence-corrected chi connectivity index (χ3v) is 2.30. The van der Waals surface area contributed by atoms with Gasteiger partial charge in [-0.1, -0.05) is 15.9 Å². The highest BCUT2D eigenvalue weighted by atomic mass is 79.9. The molecule has 12 heavy (non-hydrogen) atoms. The van der Waals surface area contributed by atoms with Crippen LogP contribution in [0.15, 0.2) is 22.7 Å². The van der Waals surface area contributed by atoms with E-state index in [-0.39, 0.29) is 0 Å². The average Bonchev–Trinajstić information content (AvgIpc) is 1.96. The number of halogens is 1. The molecule has 0 heterocycles. The van der Waals surface area contributed by atoms with E-state index in [4.69, 9.17) is 5.11 Å². The van der Waals surface area contributed by atoms with E-state index in [1.165, 1.54) is 0 Å². The fourth-order valence-electron chi connectivity index (χ4n) is 0.846. The van der Waals surface area contributed by atoms with Crippen LogP contribution in [-0.4, -0.2) is 11.2 Å². The molecule has 1 aromatic rings. The van der Waals surface area contributed by atoms with Gasteiger partial charge < -0.3 is 5.11 Å². The third-order valence-electron chi connectivity index (χ3n) is 1.41. The molecular weight excluding hydrogens is 222 g/mol. The zero-order valence-corrected chi connectivity index (χ0v) is 8.05. The number of carboxylic acid groups (broad SMARTS) is 1. The predicted molar refractivity (Wildman–Crippen MR) is 50.5 cm³/mol. The topological polar surface area (TPSA) is 49.3 Å². The lowest BCUT2D eigenvalue weighted by Crippen LogP contribution is -2.06. The Morgan fingerprint density at radius 1 is 1.58 bits per heavy atom. The van der Waals surface area contributed by atoms with Crippen molar-refractivity contribution in [2.75, 3.05) is 5.32 Å². The first-order chi connectivity index (χ1) is 5.59. The second kappa shape index (κ2) is 3.58. The van der Waals surface area contributed by atoms with E-state index >= 15 is 0 Å². The highest BCUT2D eigenvalue weighted by Gasteiger charge is 1.99. The number of benzene rings is 1. The molecule has 0 radical (unpaired) electrons. The summed E-state index contributed by atoms with van der Waals surface area (Å²) in [6.07, 6.45) is -1.04. The van der Waals surface area contributed by atoms with E-state index in [0.717, 1.165) is 10.0 Å². The van der Waals surface area contributed by atoms with Crippen LogP contribution in [0.2, 0.25) is 0 Å². The minimum absolute atomic E-state index is 0.586. The zero-order valence-electron chi connectivity index (χ0n) is 6.47. The molecule has 3 nitrogen and oxygen atoms in total. The van der Waals surface area contributed by atoms with Crippen molar-refractivity contribution in [1.29, 1.82) is 0 Å². The van der Waals surface area contributed by atoms with Crippen molar-refractivity contribution in [2.45, 2.75) is 6.92 Å². The number of nitrogens with one attached hydrogen (secondary N) is 1. The van der Waals surface area contributed by atoms with Gasteiger partial charge >= 0.3 is 6.09 Å². The number of rotatable bonds is 1. The minimum atomic E-state index is -1.04. The third kappa shape index (κ3) is 2.23. The lowest BCUT2D eigenvalue weighted by atomic mass is 10.2. The fourth-order valence-corrected chi connectivity index (χ4v) is 1.09. The van der Waals surface area contributed by atoms with Gasteiger partial charge in [-0.25, -0.2) is 4.79 Å². The van der Waals surface area contributed by atoms with Gasteiger partial charge in [-0.05, 0) is 30.7 Å². The number of carbonyl (C=O) groups is 1. The van der Waals surface area contributed by atoms with E-state index < -0.39 is 6.09 Å². The van der Waals surface area contributed by atoms with Crippen molar-refractivity contribution in [3.8, 4) is 0 Å². The molecule has 0 atom stereocenters. The quantitative estimate of drug-likeness (QED) is 0.779. The van der Waals surface area contributed by atoms with Crippen molar-refractivity contribution in [2.24, 2.45) is 0 Å². The molecule has 0 bridgehead atoms.